The Bertz CT molecular complexity index is 1480. The minimum absolute atomic E-state index is 0.0413. The van der Waals surface area contributed by atoms with Crippen molar-refractivity contribution in [1.29, 1.82) is 5.26 Å². The van der Waals surface area contributed by atoms with Gasteiger partial charge in [0.2, 0.25) is 5.91 Å². The summed E-state index contributed by atoms with van der Waals surface area (Å²) >= 11 is 0. The summed E-state index contributed by atoms with van der Waals surface area (Å²) in [5.41, 5.74) is 6.50. The molecule has 8 nitrogen and oxygen atoms in total. The first-order valence-corrected chi connectivity index (χ1v) is 12.8. The van der Waals surface area contributed by atoms with Crippen LogP contribution in [-0.4, -0.2) is 79.6 Å². The van der Waals surface area contributed by atoms with Gasteiger partial charge in [0.15, 0.2) is 0 Å². The third kappa shape index (κ3) is 5.34. The molecule has 3 heterocycles. The Morgan fingerprint density at radius 2 is 1.79 bits per heavy atom. The molecule has 0 radical (unpaired) electrons. The van der Waals surface area contributed by atoms with Gasteiger partial charge < -0.3 is 24.4 Å². The molecular formula is C30H32N6O2. The number of piperazine rings is 1. The Morgan fingerprint density at radius 3 is 2.50 bits per heavy atom. The van der Waals surface area contributed by atoms with Crippen molar-refractivity contribution >= 4 is 22.6 Å². The largest absolute Gasteiger partial charge is 0.493 e. The van der Waals surface area contributed by atoms with Crippen molar-refractivity contribution in [2.75, 3.05) is 58.8 Å². The highest BCUT2D eigenvalue weighted by Gasteiger charge is 2.18. The zero-order valence-corrected chi connectivity index (χ0v) is 22.1. The van der Waals surface area contributed by atoms with Crippen LogP contribution in [0.5, 0.6) is 5.75 Å². The number of fused-ring (bicyclic) bond motifs is 1. The lowest BCUT2D eigenvalue weighted by Gasteiger charge is -2.34. The fourth-order valence-corrected chi connectivity index (χ4v) is 4.74. The van der Waals surface area contributed by atoms with Gasteiger partial charge in [-0.1, -0.05) is 18.2 Å². The van der Waals surface area contributed by atoms with E-state index in [1.165, 1.54) is 0 Å². The summed E-state index contributed by atoms with van der Waals surface area (Å²) in [4.78, 5) is 25.8. The van der Waals surface area contributed by atoms with Gasteiger partial charge in [0.05, 0.1) is 24.3 Å². The molecule has 194 valence electrons. The summed E-state index contributed by atoms with van der Waals surface area (Å²) in [5, 5.41) is 10.9. The maximum Gasteiger partial charge on any atom is 0.225 e. The van der Waals surface area contributed by atoms with Gasteiger partial charge in [-0.15, -0.1) is 0 Å². The second-order valence-corrected chi connectivity index (χ2v) is 9.87. The number of nitriles is 1. The maximum absolute atomic E-state index is 11.7. The van der Waals surface area contributed by atoms with Gasteiger partial charge in [-0.05, 0) is 48.5 Å². The van der Waals surface area contributed by atoms with Gasteiger partial charge in [-0.3, -0.25) is 4.79 Å². The predicted molar refractivity (Wildman–Crippen MR) is 150 cm³/mol. The zero-order valence-electron chi connectivity index (χ0n) is 22.1. The first kappa shape index (κ1) is 25.3. The number of pyridine rings is 1. The molecule has 0 bridgehead atoms. The van der Waals surface area contributed by atoms with Crippen molar-refractivity contribution in [3.05, 3.63) is 66.5 Å². The number of benzene rings is 2. The molecule has 0 unspecified atom stereocenters. The molecule has 8 heteroatoms. The van der Waals surface area contributed by atoms with Crippen molar-refractivity contribution in [3.8, 4) is 34.1 Å². The van der Waals surface area contributed by atoms with Crippen LogP contribution < -0.4 is 9.64 Å². The smallest absolute Gasteiger partial charge is 0.225 e. The van der Waals surface area contributed by atoms with Crippen molar-refractivity contribution in [2.45, 2.75) is 6.42 Å². The number of carbonyl (C=O) groups excluding carboxylic acids is 1. The quantitative estimate of drug-likeness (QED) is 0.399. The number of likely N-dealkylation sites (N-methyl/N-ethyl adjacent to an activating group) is 1. The molecule has 1 aliphatic heterocycles. The number of aromatic amines is 1. The Labute approximate surface area is 223 Å². The average molecular weight is 509 g/mol. The number of aromatic nitrogens is 2. The van der Waals surface area contributed by atoms with Gasteiger partial charge in [-0.2, -0.15) is 5.26 Å². The Kier molecular flexibility index (Phi) is 7.29. The summed E-state index contributed by atoms with van der Waals surface area (Å²) in [5.74, 6) is 0.767. The molecule has 5 rings (SSSR count). The number of rotatable bonds is 7. The molecule has 1 fully saturated rings. The third-order valence-corrected chi connectivity index (χ3v) is 7.07. The van der Waals surface area contributed by atoms with E-state index in [1.54, 1.807) is 19.0 Å². The Balaban J connectivity index is 1.37. The fourth-order valence-electron chi connectivity index (χ4n) is 4.74. The molecule has 38 heavy (non-hydrogen) atoms. The number of nitrogens with one attached hydrogen (secondary N) is 1. The number of amides is 1. The van der Waals surface area contributed by atoms with E-state index in [0.717, 1.165) is 70.9 Å². The first-order chi connectivity index (χ1) is 18.4. The highest BCUT2D eigenvalue weighted by molar-refractivity contribution is 5.96. The number of anilines is 1. The number of hydrogen-bond donors (Lipinski definition) is 1. The SMILES string of the molecule is CN1CCN(c2ccc(-c3cnc4[nH]cc(-c5ccc(OCCC(=O)N(C)C)cc5)c4c3)cc2C#N)CC1. The van der Waals surface area contributed by atoms with Crippen LogP contribution in [0.1, 0.15) is 12.0 Å². The van der Waals surface area contributed by atoms with E-state index in [4.69, 9.17) is 4.74 Å². The topological polar surface area (TPSA) is 88.5 Å². The van der Waals surface area contributed by atoms with E-state index < -0.39 is 0 Å². The third-order valence-electron chi connectivity index (χ3n) is 7.07. The molecule has 4 aromatic rings. The van der Waals surface area contributed by atoms with Crippen molar-refractivity contribution in [3.63, 3.8) is 0 Å². The molecule has 2 aromatic carbocycles. The second-order valence-electron chi connectivity index (χ2n) is 9.87. The van der Waals surface area contributed by atoms with Crippen LogP contribution in [0.25, 0.3) is 33.3 Å². The van der Waals surface area contributed by atoms with E-state index >= 15 is 0 Å². The molecule has 0 atom stereocenters. The molecule has 0 spiro atoms. The molecule has 1 N–H and O–H groups in total. The predicted octanol–water partition coefficient (Wildman–Crippen LogP) is 4.38. The van der Waals surface area contributed by atoms with Crippen molar-refractivity contribution in [2.24, 2.45) is 0 Å². The van der Waals surface area contributed by atoms with E-state index in [0.29, 0.717) is 18.6 Å². The summed E-state index contributed by atoms with van der Waals surface area (Å²) in [6, 6.07) is 18.5. The van der Waals surface area contributed by atoms with Crippen molar-refractivity contribution < 1.29 is 9.53 Å². The summed E-state index contributed by atoms with van der Waals surface area (Å²) in [6.07, 6.45) is 4.15. The standard InChI is InChI=1S/C30H32N6O2/c1-34(2)29(37)10-15-38-25-7-4-21(5-8-25)27-20-33-30-26(27)17-24(19-32-30)22-6-9-28(23(16-22)18-31)36-13-11-35(3)12-14-36/h4-9,16-17,19-20H,10-15H2,1-3H3,(H,32,33). The average Bonchev–Trinajstić information content (AvgIpc) is 3.37. The van der Waals surface area contributed by atoms with Crippen LogP contribution in [0.2, 0.25) is 0 Å². The van der Waals surface area contributed by atoms with Crippen molar-refractivity contribution in [1.82, 2.24) is 19.8 Å². The minimum Gasteiger partial charge on any atom is -0.493 e. The molecule has 1 aliphatic rings. The monoisotopic (exact) mass is 508 g/mol. The van der Waals surface area contributed by atoms with E-state index in [-0.39, 0.29) is 5.91 Å². The number of H-pyrrole nitrogens is 1. The lowest BCUT2D eigenvalue weighted by molar-refractivity contribution is -0.129. The van der Waals surface area contributed by atoms with Crippen LogP contribution in [0.3, 0.4) is 0 Å². The van der Waals surface area contributed by atoms with Gasteiger partial charge in [0.1, 0.15) is 17.5 Å². The molecule has 0 aliphatic carbocycles. The Hall–Kier alpha value is -4.35. The molecular weight excluding hydrogens is 476 g/mol. The van der Waals surface area contributed by atoms with Gasteiger partial charge >= 0.3 is 0 Å². The number of carbonyl (C=O) groups is 1. The van der Waals surface area contributed by atoms with Gasteiger partial charge in [0.25, 0.3) is 0 Å². The lowest BCUT2D eigenvalue weighted by Crippen LogP contribution is -2.44. The number of hydrogen-bond acceptors (Lipinski definition) is 6. The maximum atomic E-state index is 11.7. The molecule has 1 saturated heterocycles. The molecule has 2 aromatic heterocycles. The first-order valence-electron chi connectivity index (χ1n) is 12.8. The number of ether oxygens (including phenoxy) is 1. The van der Waals surface area contributed by atoms with Gasteiger partial charge in [0, 0.05) is 69.2 Å². The minimum atomic E-state index is 0.0413. The molecule has 0 saturated carbocycles. The van der Waals surface area contributed by atoms with Gasteiger partial charge in [-0.25, -0.2) is 4.98 Å². The lowest BCUT2D eigenvalue weighted by atomic mass is 10.00. The van der Waals surface area contributed by atoms with Crippen LogP contribution in [0.15, 0.2) is 60.9 Å². The normalized spacial score (nSPS) is 13.9. The highest BCUT2D eigenvalue weighted by atomic mass is 16.5. The van der Waals surface area contributed by atoms with Crippen LogP contribution >= 0.6 is 0 Å². The summed E-state index contributed by atoms with van der Waals surface area (Å²) in [6.45, 7) is 4.17. The fraction of sp³-hybridized carbons (Fsp3) is 0.300. The van der Waals surface area contributed by atoms with E-state index in [9.17, 15) is 10.1 Å². The van der Waals surface area contributed by atoms with Crippen LogP contribution in [-0.2, 0) is 4.79 Å². The molecule has 1 amide bonds. The van der Waals surface area contributed by atoms with E-state index in [2.05, 4.69) is 51.1 Å². The second kappa shape index (κ2) is 11.0. The van der Waals surface area contributed by atoms with E-state index in [1.807, 2.05) is 42.7 Å². The zero-order chi connectivity index (χ0) is 26.6. The highest BCUT2D eigenvalue weighted by Crippen LogP contribution is 2.33. The summed E-state index contributed by atoms with van der Waals surface area (Å²) in [7, 11) is 5.61. The number of nitrogens with zero attached hydrogens (tertiary/aromatic N) is 5. The van der Waals surface area contributed by atoms with Crippen LogP contribution in [0.4, 0.5) is 5.69 Å². The Morgan fingerprint density at radius 1 is 1.05 bits per heavy atom. The van der Waals surface area contributed by atoms with Crippen LogP contribution in [0, 0.1) is 11.3 Å². The summed E-state index contributed by atoms with van der Waals surface area (Å²) < 4.78 is 5.74.